The maximum Gasteiger partial charge on any atom is 0.408 e. The maximum absolute atomic E-state index is 12.1. The molecule has 0 bridgehead atoms. The molecule has 2 aromatic carbocycles. The molecule has 0 aliphatic rings. The van der Waals surface area contributed by atoms with Gasteiger partial charge in [-0.05, 0) is 50.5 Å². The number of esters is 1. The molecule has 1 unspecified atom stereocenters. The van der Waals surface area contributed by atoms with E-state index in [4.69, 9.17) is 9.47 Å². The average Bonchev–Trinajstić information content (AvgIpc) is 2.70. The van der Waals surface area contributed by atoms with E-state index in [9.17, 15) is 9.59 Å². The fourth-order valence-corrected chi connectivity index (χ4v) is 2.61. The van der Waals surface area contributed by atoms with Crippen molar-refractivity contribution in [2.24, 2.45) is 0 Å². The van der Waals surface area contributed by atoms with Crippen LogP contribution in [-0.2, 0) is 27.3 Å². The Kier molecular flexibility index (Phi) is 8.47. The molecule has 0 heterocycles. The molecule has 0 saturated heterocycles. The number of methoxy groups -OCH3 is 1. The Balaban J connectivity index is 2.00. The Morgan fingerprint density at radius 2 is 1.67 bits per heavy atom. The maximum atomic E-state index is 12.1. The normalized spacial score (nSPS) is 12.3. The lowest BCUT2D eigenvalue weighted by molar-refractivity contribution is -0.134. The summed E-state index contributed by atoms with van der Waals surface area (Å²) >= 11 is 0. The molecular weight excluding hydrogens is 382 g/mol. The van der Waals surface area contributed by atoms with Crippen LogP contribution in [0, 0.1) is 0 Å². The van der Waals surface area contributed by atoms with Gasteiger partial charge in [0.05, 0.1) is 13.2 Å². The molecule has 6 nitrogen and oxygen atoms in total. The predicted octanol–water partition coefficient (Wildman–Crippen LogP) is 4.43. The van der Waals surface area contributed by atoms with Gasteiger partial charge in [-0.2, -0.15) is 0 Å². The summed E-state index contributed by atoms with van der Waals surface area (Å²) in [6.07, 6.45) is 2.81. The molecule has 0 aromatic heterocycles. The molecular formula is C24H29NO5. The van der Waals surface area contributed by atoms with Gasteiger partial charge < -0.3 is 19.5 Å². The first-order chi connectivity index (χ1) is 14.2. The van der Waals surface area contributed by atoms with Gasteiger partial charge in [0, 0.05) is 6.08 Å². The highest BCUT2D eigenvalue weighted by molar-refractivity contribution is 5.82. The summed E-state index contributed by atoms with van der Waals surface area (Å²) in [6.45, 7) is 5.87. The first-order valence-electron chi connectivity index (χ1n) is 9.76. The first kappa shape index (κ1) is 23.0. The van der Waals surface area contributed by atoms with Crippen LogP contribution in [0.2, 0.25) is 0 Å². The Bertz CT molecular complexity index is 838. The van der Waals surface area contributed by atoms with Gasteiger partial charge in [0.15, 0.2) is 0 Å². The third-order valence-electron chi connectivity index (χ3n) is 4.00. The summed E-state index contributed by atoms with van der Waals surface area (Å²) < 4.78 is 15.7. The monoisotopic (exact) mass is 411 g/mol. The number of benzene rings is 2. The second kappa shape index (κ2) is 11.0. The van der Waals surface area contributed by atoms with Crippen molar-refractivity contribution in [2.45, 2.75) is 45.4 Å². The highest BCUT2D eigenvalue weighted by atomic mass is 16.6. The molecule has 6 heteroatoms. The molecule has 0 aliphatic heterocycles. The van der Waals surface area contributed by atoms with E-state index in [0.29, 0.717) is 13.0 Å². The van der Waals surface area contributed by atoms with E-state index in [-0.39, 0.29) is 0 Å². The van der Waals surface area contributed by atoms with Crippen LogP contribution in [0.25, 0.3) is 0 Å². The highest BCUT2D eigenvalue weighted by Crippen LogP contribution is 2.16. The molecule has 1 amide bonds. The molecule has 2 aromatic rings. The van der Waals surface area contributed by atoms with Crippen LogP contribution < -0.4 is 10.1 Å². The van der Waals surface area contributed by atoms with E-state index in [2.05, 4.69) is 10.1 Å². The lowest BCUT2D eigenvalue weighted by Gasteiger charge is -2.22. The Morgan fingerprint density at radius 3 is 2.27 bits per heavy atom. The standard InChI is InChI=1S/C24H29NO5/c1-24(2,3)30-23(27)25-20(12-15-22(26)28-4)16-18-10-13-21(14-11-18)29-17-19-8-6-5-7-9-19/h5-15,20H,16-17H2,1-4H3,(H,25,27). The van der Waals surface area contributed by atoms with E-state index in [1.165, 1.54) is 13.2 Å². The summed E-state index contributed by atoms with van der Waals surface area (Å²) in [6, 6.07) is 17.1. The number of rotatable bonds is 8. The van der Waals surface area contributed by atoms with E-state index in [1.54, 1.807) is 26.8 Å². The minimum absolute atomic E-state index is 0.435. The lowest BCUT2D eigenvalue weighted by atomic mass is 10.1. The quantitative estimate of drug-likeness (QED) is 0.514. The fraction of sp³-hybridized carbons (Fsp3) is 0.333. The topological polar surface area (TPSA) is 73.9 Å². The van der Waals surface area contributed by atoms with Crippen molar-refractivity contribution < 1.29 is 23.8 Å². The summed E-state index contributed by atoms with van der Waals surface area (Å²) in [5.41, 5.74) is 1.45. The van der Waals surface area contributed by atoms with Crippen LogP contribution >= 0.6 is 0 Å². The van der Waals surface area contributed by atoms with E-state index in [0.717, 1.165) is 16.9 Å². The lowest BCUT2D eigenvalue weighted by Crippen LogP contribution is -2.39. The zero-order valence-electron chi connectivity index (χ0n) is 17.9. The van der Waals surface area contributed by atoms with Crippen molar-refractivity contribution in [1.82, 2.24) is 5.32 Å². The molecule has 160 valence electrons. The predicted molar refractivity (Wildman–Crippen MR) is 115 cm³/mol. The van der Waals surface area contributed by atoms with E-state index in [1.807, 2.05) is 54.6 Å². The van der Waals surface area contributed by atoms with Crippen molar-refractivity contribution in [2.75, 3.05) is 7.11 Å². The molecule has 1 N–H and O–H groups in total. The molecule has 0 spiro atoms. The van der Waals surface area contributed by atoms with Crippen LogP contribution in [0.1, 0.15) is 31.9 Å². The van der Waals surface area contributed by atoms with Crippen LogP contribution in [0.3, 0.4) is 0 Å². The fourth-order valence-electron chi connectivity index (χ4n) is 2.61. The second-order valence-corrected chi connectivity index (χ2v) is 7.76. The third kappa shape index (κ3) is 8.82. The van der Waals surface area contributed by atoms with E-state index < -0.39 is 23.7 Å². The van der Waals surface area contributed by atoms with Gasteiger partial charge in [-0.15, -0.1) is 0 Å². The molecule has 30 heavy (non-hydrogen) atoms. The first-order valence-corrected chi connectivity index (χ1v) is 9.76. The minimum atomic E-state index is -0.613. The number of amides is 1. The molecule has 1 atom stereocenters. The molecule has 0 fully saturated rings. The number of nitrogens with one attached hydrogen (secondary N) is 1. The van der Waals surface area contributed by atoms with Gasteiger partial charge in [-0.25, -0.2) is 9.59 Å². The molecule has 0 radical (unpaired) electrons. The van der Waals surface area contributed by atoms with Gasteiger partial charge in [0.2, 0.25) is 0 Å². The number of ether oxygens (including phenoxy) is 3. The SMILES string of the molecule is COC(=O)C=CC(Cc1ccc(OCc2ccccc2)cc1)NC(=O)OC(C)(C)C. The van der Waals surface area contributed by atoms with Crippen molar-refractivity contribution in [3.05, 3.63) is 77.9 Å². The molecule has 2 rings (SSSR count). The van der Waals surface area contributed by atoms with Gasteiger partial charge in [-0.1, -0.05) is 48.5 Å². The van der Waals surface area contributed by atoms with Crippen molar-refractivity contribution in [3.8, 4) is 5.75 Å². The highest BCUT2D eigenvalue weighted by Gasteiger charge is 2.19. The minimum Gasteiger partial charge on any atom is -0.489 e. The van der Waals surface area contributed by atoms with Crippen LogP contribution in [-0.4, -0.2) is 30.8 Å². The summed E-state index contributed by atoms with van der Waals surface area (Å²) in [4.78, 5) is 23.6. The van der Waals surface area contributed by atoms with Crippen LogP contribution in [0.5, 0.6) is 5.75 Å². The number of carbonyl (C=O) groups excluding carboxylic acids is 2. The molecule has 0 saturated carbocycles. The zero-order valence-corrected chi connectivity index (χ0v) is 17.9. The second-order valence-electron chi connectivity index (χ2n) is 7.76. The smallest absolute Gasteiger partial charge is 0.408 e. The Hall–Kier alpha value is -3.28. The number of hydrogen-bond acceptors (Lipinski definition) is 5. The van der Waals surface area contributed by atoms with Gasteiger partial charge in [-0.3, -0.25) is 0 Å². The largest absolute Gasteiger partial charge is 0.489 e. The van der Waals surface area contributed by atoms with Crippen molar-refractivity contribution >= 4 is 12.1 Å². The van der Waals surface area contributed by atoms with Gasteiger partial charge >= 0.3 is 12.1 Å². The Morgan fingerprint density at radius 1 is 1.00 bits per heavy atom. The van der Waals surface area contributed by atoms with Crippen molar-refractivity contribution in [1.29, 1.82) is 0 Å². The zero-order chi connectivity index (χ0) is 22.0. The number of hydrogen-bond donors (Lipinski definition) is 1. The summed E-state index contributed by atoms with van der Waals surface area (Å²) in [5.74, 6) is 0.264. The van der Waals surface area contributed by atoms with E-state index >= 15 is 0 Å². The summed E-state index contributed by atoms with van der Waals surface area (Å²) in [7, 11) is 1.30. The summed E-state index contributed by atoms with van der Waals surface area (Å²) in [5, 5.41) is 2.78. The number of carbonyl (C=O) groups is 2. The molecule has 0 aliphatic carbocycles. The van der Waals surface area contributed by atoms with Crippen molar-refractivity contribution in [3.63, 3.8) is 0 Å². The van der Waals surface area contributed by atoms with Gasteiger partial charge in [0.1, 0.15) is 18.0 Å². The number of alkyl carbamates (subject to hydrolysis) is 1. The Labute approximate surface area is 177 Å². The van der Waals surface area contributed by atoms with Gasteiger partial charge in [0.25, 0.3) is 0 Å². The van der Waals surface area contributed by atoms with Crippen LogP contribution in [0.15, 0.2) is 66.7 Å². The third-order valence-corrected chi connectivity index (χ3v) is 4.00. The average molecular weight is 411 g/mol. The van der Waals surface area contributed by atoms with Crippen LogP contribution in [0.4, 0.5) is 4.79 Å².